The van der Waals surface area contributed by atoms with E-state index in [1.807, 2.05) is 13.0 Å². The first-order valence-electron chi connectivity index (χ1n) is 3.59. The van der Waals surface area contributed by atoms with Gasteiger partial charge in [0.2, 0.25) is 0 Å². The van der Waals surface area contributed by atoms with Gasteiger partial charge in [0.15, 0.2) is 28.8 Å². The number of nitrogen functional groups attached to an aromatic ring is 1. The second kappa shape index (κ2) is 4.39. The van der Waals surface area contributed by atoms with E-state index in [0.717, 1.165) is 5.75 Å². The van der Waals surface area contributed by atoms with Gasteiger partial charge in [-0.15, -0.1) is 0 Å². The average Bonchev–Trinajstić information content (AvgIpc) is 2.09. The minimum atomic E-state index is 0.618. The van der Waals surface area contributed by atoms with Gasteiger partial charge in [0.1, 0.15) is 5.75 Å². The van der Waals surface area contributed by atoms with Crippen LogP contribution in [0.2, 0.25) is 0 Å². The summed E-state index contributed by atoms with van der Waals surface area (Å²) in [5.41, 5.74) is 6.23. The summed E-state index contributed by atoms with van der Waals surface area (Å²) in [5.74, 6) is 1.42. The summed E-state index contributed by atoms with van der Waals surface area (Å²) in [6, 6.07) is 5.35. The molecule has 4 heteroatoms. The monoisotopic (exact) mass is 279 g/mol. The molecule has 3 nitrogen and oxygen atoms in total. The Morgan fingerprint density at radius 3 is 2.83 bits per heavy atom. The van der Waals surface area contributed by atoms with E-state index in [1.165, 1.54) is 0 Å². The van der Waals surface area contributed by atoms with Crippen LogP contribution in [0, 0.1) is 0 Å². The van der Waals surface area contributed by atoms with Crippen molar-refractivity contribution in [2.45, 2.75) is 6.92 Å². The maximum absolute atomic E-state index is 5.61. The third-order valence-electron chi connectivity index (χ3n) is 1.38. The Morgan fingerprint density at radius 2 is 2.25 bits per heavy atom. The molecule has 0 aliphatic heterocycles. The number of rotatable bonds is 3. The van der Waals surface area contributed by atoms with Gasteiger partial charge < -0.3 is 13.5 Å². The van der Waals surface area contributed by atoms with Crippen molar-refractivity contribution < 1.29 is 7.80 Å². The Balaban J connectivity index is 2.89. The van der Waals surface area contributed by atoms with Crippen LogP contribution >= 0.6 is 23.0 Å². The molecule has 12 heavy (non-hydrogen) atoms. The first kappa shape index (κ1) is 9.44. The molecule has 0 atom stereocenters. The van der Waals surface area contributed by atoms with Crippen molar-refractivity contribution in [3.63, 3.8) is 0 Å². The van der Waals surface area contributed by atoms with Gasteiger partial charge in [0.05, 0.1) is 12.3 Å². The van der Waals surface area contributed by atoms with E-state index in [1.54, 1.807) is 35.1 Å². The lowest BCUT2D eigenvalue weighted by Crippen LogP contribution is -1.93. The molecule has 1 rings (SSSR count). The highest BCUT2D eigenvalue weighted by molar-refractivity contribution is 14.1. The molecule has 0 aliphatic carbocycles. The van der Waals surface area contributed by atoms with Gasteiger partial charge >= 0.3 is 0 Å². The van der Waals surface area contributed by atoms with Crippen molar-refractivity contribution in [3.05, 3.63) is 18.2 Å². The number of hydrogen-bond donors (Lipinski definition) is 1. The highest BCUT2D eigenvalue weighted by atomic mass is 127. The lowest BCUT2D eigenvalue weighted by Gasteiger charge is -2.06. The van der Waals surface area contributed by atoms with Crippen LogP contribution < -0.4 is 13.5 Å². The molecule has 0 aromatic heterocycles. The standard InChI is InChI=1S/C8H10INO2/c1-2-11-6-3-4-7(10)8(5-6)12-9/h3-5H,2,10H2,1H3. The van der Waals surface area contributed by atoms with Crippen molar-refractivity contribution in [2.24, 2.45) is 0 Å². The molecule has 0 saturated carbocycles. The van der Waals surface area contributed by atoms with E-state index in [2.05, 4.69) is 0 Å². The normalized spacial score (nSPS) is 9.50. The molecule has 0 radical (unpaired) electrons. The third kappa shape index (κ3) is 2.17. The lowest BCUT2D eigenvalue weighted by molar-refractivity contribution is 0.339. The van der Waals surface area contributed by atoms with Crippen LogP contribution in [0.5, 0.6) is 11.5 Å². The first-order valence-corrected chi connectivity index (χ1v) is 4.47. The SMILES string of the molecule is CCOc1ccc(N)c(OI)c1. The van der Waals surface area contributed by atoms with Gasteiger partial charge in [0, 0.05) is 6.07 Å². The van der Waals surface area contributed by atoms with E-state index in [0.29, 0.717) is 18.0 Å². The maximum atomic E-state index is 5.61. The molecule has 0 amide bonds. The molecule has 1 aromatic rings. The fourth-order valence-electron chi connectivity index (χ4n) is 0.838. The third-order valence-corrected chi connectivity index (χ3v) is 1.85. The van der Waals surface area contributed by atoms with Crippen molar-refractivity contribution >= 4 is 28.7 Å². The fourth-order valence-corrected chi connectivity index (χ4v) is 1.22. The number of anilines is 1. The zero-order chi connectivity index (χ0) is 8.97. The minimum absolute atomic E-state index is 0.618. The van der Waals surface area contributed by atoms with E-state index in [9.17, 15) is 0 Å². The Kier molecular flexibility index (Phi) is 3.46. The number of hydrogen-bond acceptors (Lipinski definition) is 3. The van der Waals surface area contributed by atoms with Crippen LogP contribution in [0.1, 0.15) is 6.92 Å². The molecule has 66 valence electrons. The second-order valence-corrected chi connectivity index (χ2v) is 2.65. The maximum Gasteiger partial charge on any atom is 0.192 e. The molecular weight excluding hydrogens is 269 g/mol. The zero-order valence-corrected chi connectivity index (χ0v) is 8.87. The quantitative estimate of drug-likeness (QED) is 0.682. The molecule has 0 fully saturated rings. The summed E-state index contributed by atoms with van der Waals surface area (Å²) >= 11 is 1.79. The summed E-state index contributed by atoms with van der Waals surface area (Å²) in [7, 11) is 0. The van der Waals surface area contributed by atoms with E-state index in [4.69, 9.17) is 13.5 Å². The van der Waals surface area contributed by atoms with Gasteiger partial charge in [0.25, 0.3) is 0 Å². The van der Waals surface area contributed by atoms with Crippen molar-refractivity contribution in [1.82, 2.24) is 0 Å². The number of ether oxygens (including phenoxy) is 1. The second-order valence-electron chi connectivity index (χ2n) is 2.21. The largest absolute Gasteiger partial charge is 0.494 e. The molecular formula is C8H10INO2. The van der Waals surface area contributed by atoms with Crippen LogP contribution in [0.3, 0.4) is 0 Å². The fraction of sp³-hybridized carbons (Fsp3) is 0.250. The van der Waals surface area contributed by atoms with E-state index < -0.39 is 0 Å². The number of halogens is 1. The highest BCUT2D eigenvalue weighted by Crippen LogP contribution is 2.28. The molecule has 0 saturated heterocycles. The number of nitrogens with two attached hydrogens (primary N) is 1. The lowest BCUT2D eigenvalue weighted by atomic mass is 10.3. The predicted octanol–water partition coefficient (Wildman–Crippen LogP) is 2.40. The average molecular weight is 279 g/mol. The van der Waals surface area contributed by atoms with E-state index >= 15 is 0 Å². The minimum Gasteiger partial charge on any atom is -0.494 e. The molecule has 0 heterocycles. The predicted molar refractivity (Wildman–Crippen MR) is 56.7 cm³/mol. The van der Waals surface area contributed by atoms with Gasteiger partial charge in [-0.1, -0.05) is 0 Å². The van der Waals surface area contributed by atoms with Crippen LogP contribution in [-0.2, 0) is 0 Å². The summed E-state index contributed by atoms with van der Waals surface area (Å²) in [5, 5.41) is 0. The Morgan fingerprint density at radius 1 is 1.50 bits per heavy atom. The van der Waals surface area contributed by atoms with Crippen LogP contribution in [0.25, 0.3) is 0 Å². The molecule has 0 bridgehead atoms. The topological polar surface area (TPSA) is 44.5 Å². The van der Waals surface area contributed by atoms with Crippen LogP contribution in [-0.4, -0.2) is 6.61 Å². The highest BCUT2D eigenvalue weighted by Gasteiger charge is 2.01. The summed E-state index contributed by atoms with van der Waals surface area (Å²) in [6.45, 7) is 2.57. The first-order chi connectivity index (χ1) is 5.77. The number of benzene rings is 1. The molecule has 0 aliphatic rings. The van der Waals surface area contributed by atoms with Gasteiger partial charge in [-0.05, 0) is 19.1 Å². The smallest absolute Gasteiger partial charge is 0.192 e. The van der Waals surface area contributed by atoms with E-state index in [-0.39, 0.29) is 0 Å². The Hall–Kier alpha value is -0.650. The molecule has 0 spiro atoms. The summed E-state index contributed by atoms with van der Waals surface area (Å²) in [4.78, 5) is 0. The van der Waals surface area contributed by atoms with Crippen molar-refractivity contribution in [2.75, 3.05) is 12.3 Å². The van der Waals surface area contributed by atoms with Crippen molar-refractivity contribution in [1.29, 1.82) is 0 Å². The molecule has 1 aromatic carbocycles. The Labute approximate surface area is 85.5 Å². The summed E-state index contributed by atoms with van der Waals surface area (Å²) < 4.78 is 10.3. The molecule has 0 unspecified atom stereocenters. The van der Waals surface area contributed by atoms with Crippen LogP contribution in [0.4, 0.5) is 5.69 Å². The Bertz CT molecular complexity index is 265. The van der Waals surface area contributed by atoms with Crippen LogP contribution in [0.15, 0.2) is 18.2 Å². The summed E-state index contributed by atoms with van der Waals surface area (Å²) in [6.07, 6.45) is 0. The van der Waals surface area contributed by atoms with Crippen molar-refractivity contribution in [3.8, 4) is 11.5 Å². The molecule has 2 N–H and O–H groups in total. The van der Waals surface area contributed by atoms with Gasteiger partial charge in [-0.2, -0.15) is 0 Å². The van der Waals surface area contributed by atoms with Gasteiger partial charge in [-0.25, -0.2) is 0 Å². The zero-order valence-electron chi connectivity index (χ0n) is 6.71. The van der Waals surface area contributed by atoms with Gasteiger partial charge in [-0.3, -0.25) is 0 Å².